The molecular weight excluding hydrogens is 586 g/mol. The van der Waals surface area contributed by atoms with Crippen molar-refractivity contribution in [3.05, 3.63) is 62.3 Å². The Morgan fingerprint density at radius 3 is 2.27 bits per heavy atom. The second kappa shape index (κ2) is 12.3. The topological polar surface area (TPSA) is 114 Å². The number of halogens is 4. The minimum Gasteiger partial charge on any atom is -0.338 e. The zero-order valence-corrected chi connectivity index (χ0v) is 24.6. The van der Waals surface area contributed by atoms with E-state index < -0.39 is 35.0 Å². The van der Waals surface area contributed by atoms with Crippen LogP contribution in [-0.2, 0) is 16.0 Å². The highest BCUT2D eigenvalue weighted by Crippen LogP contribution is 2.35. The van der Waals surface area contributed by atoms with Crippen molar-refractivity contribution in [2.24, 2.45) is 5.92 Å². The fourth-order valence-corrected chi connectivity index (χ4v) is 5.84. The summed E-state index contributed by atoms with van der Waals surface area (Å²) in [6.07, 6.45) is 0.533. The van der Waals surface area contributed by atoms with Gasteiger partial charge < -0.3 is 20.0 Å². The molecule has 238 valence electrons. The first kappa shape index (κ1) is 31.6. The lowest BCUT2D eigenvalue weighted by Gasteiger charge is -2.40. The lowest BCUT2D eigenvalue weighted by Crippen LogP contribution is -2.61. The van der Waals surface area contributed by atoms with Gasteiger partial charge in [-0.15, -0.1) is 5.10 Å². The second-order valence-electron chi connectivity index (χ2n) is 11.9. The third-order valence-corrected chi connectivity index (χ3v) is 8.88. The van der Waals surface area contributed by atoms with Crippen molar-refractivity contribution in [2.45, 2.75) is 70.5 Å². The van der Waals surface area contributed by atoms with Gasteiger partial charge in [0.25, 0.3) is 5.91 Å². The van der Waals surface area contributed by atoms with Gasteiger partial charge in [-0.25, -0.2) is 9.18 Å². The van der Waals surface area contributed by atoms with Gasteiger partial charge in [-0.1, -0.05) is 18.9 Å². The molecule has 1 N–H and O–H groups in total. The van der Waals surface area contributed by atoms with Gasteiger partial charge in [-0.3, -0.25) is 14.4 Å². The van der Waals surface area contributed by atoms with Gasteiger partial charge in [0.15, 0.2) is 0 Å². The van der Waals surface area contributed by atoms with Gasteiger partial charge in [0.2, 0.25) is 5.91 Å². The second-order valence-corrected chi connectivity index (χ2v) is 11.9. The molecule has 1 aromatic carbocycles. The van der Waals surface area contributed by atoms with Crippen LogP contribution in [0.15, 0.2) is 23.0 Å². The Labute approximate surface area is 251 Å². The van der Waals surface area contributed by atoms with Crippen LogP contribution in [0.1, 0.15) is 71.3 Å². The van der Waals surface area contributed by atoms with Crippen LogP contribution in [0, 0.1) is 25.6 Å². The minimum atomic E-state index is -5.34. The molecule has 0 atom stereocenters. The van der Waals surface area contributed by atoms with Crippen molar-refractivity contribution in [1.29, 1.82) is 0 Å². The average Bonchev–Trinajstić information content (AvgIpc) is 3.71. The van der Waals surface area contributed by atoms with E-state index in [1.165, 1.54) is 43.7 Å². The number of carbonyl (C=O) groups is 3. The van der Waals surface area contributed by atoms with Crippen LogP contribution in [-0.4, -0.2) is 82.0 Å². The smallest absolute Gasteiger partial charge is 0.338 e. The summed E-state index contributed by atoms with van der Waals surface area (Å²) >= 11 is 0. The number of nitrogens with zero attached hydrogens (tertiary/aromatic N) is 4. The number of alkyl halides is 3. The Morgan fingerprint density at radius 2 is 1.66 bits per heavy atom. The van der Waals surface area contributed by atoms with Crippen molar-refractivity contribution in [2.75, 3.05) is 32.7 Å². The SMILES string of the molecule is Cc1c(Cc2ccc(F)c(C(=O)N3CCN(C(=O)C4(NCC5CC5)CCCC4)CC3)c2)nn(OC(=O)C(F)(F)F)c(=O)c1C. The quantitative estimate of drug-likeness (QED) is 0.451. The van der Waals surface area contributed by atoms with Crippen LogP contribution in [0.5, 0.6) is 0 Å². The summed E-state index contributed by atoms with van der Waals surface area (Å²) < 4.78 is 53.0. The zero-order chi connectivity index (χ0) is 31.8. The summed E-state index contributed by atoms with van der Waals surface area (Å²) in [5, 5.41) is 7.34. The number of hydrogen-bond acceptors (Lipinski definition) is 7. The Balaban J connectivity index is 1.27. The number of rotatable bonds is 8. The molecule has 1 saturated heterocycles. The first-order valence-electron chi connectivity index (χ1n) is 14.8. The van der Waals surface area contributed by atoms with E-state index in [4.69, 9.17) is 0 Å². The fraction of sp³-hybridized carbons (Fsp3) is 0.567. The lowest BCUT2D eigenvalue weighted by atomic mass is 9.94. The Morgan fingerprint density at radius 1 is 1.02 bits per heavy atom. The molecule has 44 heavy (non-hydrogen) atoms. The molecule has 10 nitrogen and oxygen atoms in total. The number of carbonyl (C=O) groups excluding carboxylic acids is 3. The summed E-state index contributed by atoms with van der Waals surface area (Å²) in [6.45, 7) is 4.86. The largest absolute Gasteiger partial charge is 0.493 e. The van der Waals surface area contributed by atoms with Crippen LogP contribution in [0.2, 0.25) is 0 Å². The molecule has 3 fully saturated rings. The number of benzene rings is 1. The summed E-state index contributed by atoms with van der Waals surface area (Å²) in [6, 6.07) is 3.84. The van der Waals surface area contributed by atoms with Crippen LogP contribution in [0.3, 0.4) is 0 Å². The van der Waals surface area contributed by atoms with Crippen molar-refractivity contribution in [1.82, 2.24) is 25.1 Å². The first-order chi connectivity index (χ1) is 20.8. The lowest BCUT2D eigenvalue weighted by molar-refractivity contribution is -0.202. The van der Waals surface area contributed by atoms with E-state index in [1.54, 1.807) is 4.90 Å². The van der Waals surface area contributed by atoms with Gasteiger partial charge in [-0.05, 0) is 80.1 Å². The predicted octanol–water partition coefficient (Wildman–Crippen LogP) is 2.70. The molecule has 2 aliphatic carbocycles. The molecule has 3 aliphatic rings. The van der Waals surface area contributed by atoms with E-state index in [1.807, 2.05) is 0 Å². The molecular formula is C30H35F4N5O5. The van der Waals surface area contributed by atoms with Crippen molar-refractivity contribution in [3.8, 4) is 0 Å². The van der Waals surface area contributed by atoms with E-state index in [0.29, 0.717) is 30.1 Å². The summed E-state index contributed by atoms with van der Waals surface area (Å²) in [4.78, 5) is 58.0. The third-order valence-electron chi connectivity index (χ3n) is 8.88. The molecule has 2 heterocycles. The van der Waals surface area contributed by atoms with Gasteiger partial charge in [0.1, 0.15) is 5.82 Å². The maximum atomic E-state index is 14.9. The first-order valence-corrected chi connectivity index (χ1v) is 14.8. The maximum Gasteiger partial charge on any atom is 0.493 e. The van der Waals surface area contributed by atoms with Crippen molar-refractivity contribution >= 4 is 17.8 Å². The monoisotopic (exact) mass is 621 g/mol. The number of nitrogens with one attached hydrogen (secondary N) is 1. The molecule has 5 rings (SSSR count). The zero-order valence-electron chi connectivity index (χ0n) is 24.6. The van der Waals surface area contributed by atoms with E-state index in [0.717, 1.165) is 38.3 Å². The molecule has 2 aromatic rings. The summed E-state index contributed by atoms with van der Waals surface area (Å²) in [5.74, 6) is -3.20. The van der Waals surface area contributed by atoms with E-state index in [-0.39, 0.29) is 47.1 Å². The Bertz CT molecular complexity index is 1510. The summed E-state index contributed by atoms with van der Waals surface area (Å²) in [5.41, 5.74) is -0.924. The molecule has 2 saturated carbocycles. The normalized spacial score (nSPS) is 18.4. The van der Waals surface area contributed by atoms with Crippen LogP contribution >= 0.6 is 0 Å². The molecule has 1 aromatic heterocycles. The average molecular weight is 622 g/mol. The van der Waals surface area contributed by atoms with Gasteiger partial charge in [0, 0.05) is 38.2 Å². The predicted molar refractivity (Wildman–Crippen MR) is 149 cm³/mol. The van der Waals surface area contributed by atoms with Crippen LogP contribution < -0.4 is 15.7 Å². The van der Waals surface area contributed by atoms with E-state index >= 15 is 0 Å². The van der Waals surface area contributed by atoms with Gasteiger partial charge in [0.05, 0.1) is 16.8 Å². The van der Waals surface area contributed by atoms with Gasteiger partial charge in [-0.2, -0.15) is 13.2 Å². The van der Waals surface area contributed by atoms with Gasteiger partial charge >= 0.3 is 17.7 Å². The molecule has 0 spiro atoms. The number of piperazine rings is 1. The number of aromatic nitrogens is 2. The molecule has 0 radical (unpaired) electrons. The Kier molecular flexibility index (Phi) is 8.83. The molecule has 14 heteroatoms. The number of hydrogen-bond donors (Lipinski definition) is 1. The Hall–Kier alpha value is -3.81. The molecule has 0 unspecified atom stereocenters. The molecule has 0 bridgehead atoms. The molecule has 2 amide bonds. The standard InChI is InChI=1S/C30H35F4N5O5/c1-18-19(2)25(40)39(44-28(43)30(32,33)34)36-24(18)16-21-7-8-23(31)22(15-21)26(41)37-11-13-38(14-12-37)27(42)29(9-3-4-10-29)35-17-20-5-6-20/h7-8,15,20,35H,3-6,9-14,16-17H2,1-2H3. The highest BCUT2D eigenvalue weighted by molar-refractivity contribution is 5.95. The van der Waals surface area contributed by atoms with Crippen LogP contribution in [0.4, 0.5) is 17.6 Å². The van der Waals surface area contributed by atoms with E-state index in [9.17, 15) is 36.7 Å². The maximum absolute atomic E-state index is 14.9. The minimum absolute atomic E-state index is 0.0120. The van der Waals surface area contributed by atoms with Crippen LogP contribution in [0.25, 0.3) is 0 Å². The third kappa shape index (κ3) is 6.64. The number of amides is 2. The van der Waals surface area contributed by atoms with Crippen molar-refractivity contribution in [3.63, 3.8) is 0 Å². The highest BCUT2D eigenvalue weighted by atomic mass is 19.4. The van der Waals surface area contributed by atoms with Crippen molar-refractivity contribution < 1.29 is 36.8 Å². The highest BCUT2D eigenvalue weighted by Gasteiger charge is 2.45. The fourth-order valence-electron chi connectivity index (χ4n) is 5.84. The molecule has 1 aliphatic heterocycles. The summed E-state index contributed by atoms with van der Waals surface area (Å²) in [7, 11) is 0. The van der Waals surface area contributed by atoms with E-state index in [2.05, 4.69) is 15.3 Å².